The van der Waals surface area contributed by atoms with Crippen molar-refractivity contribution in [1.82, 2.24) is 0 Å². The lowest BCUT2D eigenvalue weighted by atomic mass is 10.1. The van der Waals surface area contributed by atoms with Gasteiger partial charge in [-0.05, 0) is 62.2 Å². The summed E-state index contributed by atoms with van der Waals surface area (Å²) < 4.78 is 31.4. The Balaban J connectivity index is 1.81. The highest BCUT2D eigenvalue weighted by atomic mass is 35.5. The molecule has 0 aliphatic carbocycles. The minimum absolute atomic E-state index is 0.0892. The fourth-order valence-corrected chi connectivity index (χ4v) is 4.83. The zero-order valence-corrected chi connectivity index (χ0v) is 16.5. The largest absolute Gasteiger partial charge is 0.494 e. The number of rotatable bonds is 5. The average molecular weight is 409 g/mol. The molecule has 1 fully saturated rings. The number of anilines is 2. The van der Waals surface area contributed by atoms with Gasteiger partial charge in [0.25, 0.3) is 5.91 Å². The summed E-state index contributed by atoms with van der Waals surface area (Å²) in [6.07, 6.45) is 1.40. The molecule has 1 N–H and O–H groups in total. The third-order valence-corrected chi connectivity index (χ3v) is 6.42. The monoisotopic (exact) mass is 408 g/mol. The fraction of sp³-hybridized carbons (Fsp3) is 0.316. The predicted molar refractivity (Wildman–Crippen MR) is 107 cm³/mol. The molecule has 0 atom stereocenters. The van der Waals surface area contributed by atoms with Crippen molar-refractivity contribution in [3.05, 3.63) is 53.1 Å². The molecule has 0 unspecified atom stereocenters. The van der Waals surface area contributed by atoms with Crippen molar-refractivity contribution in [2.24, 2.45) is 0 Å². The fourth-order valence-electron chi connectivity index (χ4n) is 2.91. The zero-order valence-electron chi connectivity index (χ0n) is 14.9. The van der Waals surface area contributed by atoms with Gasteiger partial charge in [-0.15, -0.1) is 0 Å². The molecule has 1 aliphatic heterocycles. The van der Waals surface area contributed by atoms with Crippen LogP contribution in [0, 0.1) is 0 Å². The number of benzene rings is 2. The van der Waals surface area contributed by atoms with Crippen LogP contribution in [0.2, 0.25) is 5.02 Å². The summed E-state index contributed by atoms with van der Waals surface area (Å²) in [4.78, 5) is 12.6. The van der Waals surface area contributed by atoms with E-state index in [9.17, 15) is 13.2 Å². The van der Waals surface area contributed by atoms with Crippen molar-refractivity contribution in [2.75, 3.05) is 28.5 Å². The highest BCUT2D eigenvalue weighted by Gasteiger charge is 2.28. The molecule has 8 heteroatoms. The average Bonchev–Trinajstić information content (AvgIpc) is 2.64. The molecular formula is C19H21ClN2O4S. The van der Waals surface area contributed by atoms with Gasteiger partial charge in [-0.2, -0.15) is 0 Å². The Morgan fingerprint density at radius 2 is 1.93 bits per heavy atom. The van der Waals surface area contributed by atoms with Gasteiger partial charge in [-0.1, -0.05) is 11.6 Å². The summed E-state index contributed by atoms with van der Waals surface area (Å²) >= 11 is 6.22. The van der Waals surface area contributed by atoms with Crippen LogP contribution in [0.15, 0.2) is 42.5 Å². The molecule has 0 aromatic heterocycles. The number of sulfonamides is 1. The van der Waals surface area contributed by atoms with Crippen molar-refractivity contribution in [3.8, 4) is 5.75 Å². The Morgan fingerprint density at radius 3 is 2.59 bits per heavy atom. The summed E-state index contributed by atoms with van der Waals surface area (Å²) in [7, 11) is -3.41. The van der Waals surface area contributed by atoms with E-state index in [0.717, 1.165) is 12.2 Å². The first-order chi connectivity index (χ1) is 12.9. The predicted octanol–water partition coefficient (Wildman–Crippen LogP) is 3.92. The topological polar surface area (TPSA) is 75.7 Å². The van der Waals surface area contributed by atoms with E-state index in [1.165, 1.54) is 10.4 Å². The van der Waals surface area contributed by atoms with Crippen LogP contribution in [0.25, 0.3) is 0 Å². The maximum absolute atomic E-state index is 12.6. The number of carbonyl (C=O) groups excluding carboxylic acids is 1. The van der Waals surface area contributed by atoms with Crippen molar-refractivity contribution < 1.29 is 17.9 Å². The van der Waals surface area contributed by atoms with Gasteiger partial charge in [0.2, 0.25) is 10.0 Å². The molecule has 2 aromatic carbocycles. The summed E-state index contributed by atoms with van der Waals surface area (Å²) in [5.41, 5.74) is 1.30. The number of nitrogens with one attached hydrogen (secondary N) is 1. The van der Waals surface area contributed by atoms with Crippen LogP contribution in [0.5, 0.6) is 5.75 Å². The van der Waals surface area contributed by atoms with Crippen molar-refractivity contribution in [1.29, 1.82) is 0 Å². The van der Waals surface area contributed by atoms with E-state index in [1.54, 1.807) is 36.4 Å². The summed E-state index contributed by atoms with van der Waals surface area (Å²) in [5.74, 6) is 0.470. The normalized spacial score (nSPS) is 16.0. The smallest absolute Gasteiger partial charge is 0.255 e. The number of halogens is 1. The van der Waals surface area contributed by atoms with Crippen LogP contribution < -0.4 is 14.4 Å². The lowest BCUT2D eigenvalue weighted by molar-refractivity contribution is 0.102. The molecule has 1 aliphatic rings. The van der Waals surface area contributed by atoms with Crippen LogP contribution in [0.4, 0.5) is 11.4 Å². The zero-order chi connectivity index (χ0) is 19.4. The van der Waals surface area contributed by atoms with Crippen LogP contribution in [-0.4, -0.2) is 33.2 Å². The third-order valence-electron chi connectivity index (χ3n) is 4.25. The van der Waals surface area contributed by atoms with E-state index in [0.29, 0.717) is 41.5 Å². The maximum atomic E-state index is 12.6. The first kappa shape index (κ1) is 19.5. The lowest BCUT2D eigenvalue weighted by Crippen LogP contribution is -2.38. The number of carbonyl (C=O) groups is 1. The first-order valence-electron chi connectivity index (χ1n) is 8.75. The quantitative estimate of drug-likeness (QED) is 0.813. The van der Waals surface area contributed by atoms with Gasteiger partial charge >= 0.3 is 0 Å². The van der Waals surface area contributed by atoms with E-state index >= 15 is 0 Å². The van der Waals surface area contributed by atoms with Gasteiger partial charge in [-0.25, -0.2) is 8.42 Å². The van der Waals surface area contributed by atoms with Crippen LogP contribution in [0.1, 0.15) is 30.1 Å². The number of hydrogen-bond donors (Lipinski definition) is 1. The highest BCUT2D eigenvalue weighted by Crippen LogP contribution is 2.32. The standard InChI is InChI=1S/C19H21ClN2O4S/c1-2-26-16-8-6-15(7-9-16)21-19(23)14-5-10-17(20)18(13-14)22-11-3-4-12-27(22,24)25/h5-10,13H,2-4,11-12H2,1H3,(H,21,23). The molecule has 1 amide bonds. The number of hydrogen-bond acceptors (Lipinski definition) is 4. The van der Waals surface area contributed by atoms with Crippen LogP contribution >= 0.6 is 11.6 Å². The van der Waals surface area contributed by atoms with Gasteiger partial charge in [0.05, 0.1) is 23.1 Å². The second kappa shape index (κ2) is 8.19. The molecule has 0 bridgehead atoms. The Kier molecular flexibility index (Phi) is 5.92. The molecule has 27 heavy (non-hydrogen) atoms. The number of nitrogens with zero attached hydrogens (tertiary/aromatic N) is 1. The molecule has 0 saturated carbocycles. The molecule has 144 valence electrons. The maximum Gasteiger partial charge on any atom is 0.255 e. The minimum atomic E-state index is -3.41. The number of ether oxygens (including phenoxy) is 1. The lowest BCUT2D eigenvalue weighted by Gasteiger charge is -2.29. The molecule has 0 spiro atoms. The Morgan fingerprint density at radius 1 is 1.19 bits per heavy atom. The Bertz CT molecular complexity index is 929. The molecule has 2 aromatic rings. The van der Waals surface area contributed by atoms with Crippen molar-refractivity contribution in [2.45, 2.75) is 19.8 Å². The van der Waals surface area contributed by atoms with Gasteiger partial charge in [-0.3, -0.25) is 9.10 Å². The molecule has 6 nitrogen and oxygen atoms in total. The summed E-state index contributed by atoms with van der Waals surface area (Å²) in [5, 5.41) is 3.10. The van der Waals surface area contributed by atoms with E-state index < -0.39 is 10.0 Å². The summed E-state index contributed by atoms with van der Waals surface area (Å²) in [6.45, 7) is 2.83. The molecule has 3 rings (SSSR count). The van der Waals surface area contributed by atoms with Gasteiger partial charge in [0, 0.05) is 17.8 Å². The van der Waals surface area contributed by atoms with Crippen molar-refractivity contribution in [3.63, 3.8) is 0 Å². The minimum Gasteiger partial charge on any atom is -0.494 e. The van der Waals surface area contributed by atoms with Crippen LogP contribution in [-0.2, 0) is 10.0 Å². The van der Waals surface area contributed by atoms with E-state index in [-0.39, 0.29) is 11.7 Å². The Hall–Kier alpha value is -2.25. The van der Waals surface area contributed by atoms with Crippen LogP contribution in [0.3, 0.4) is 0 Å². The highest BCUT2D eigenvalue weighted by molar-refractivity contribution is 7.92. The third kappa shape index (κ3) is 4.54. The molecule has 0 radical (unpaired) electrons. The van der Waals surface area contributed by atoms with E-state index in [1.807, 2.05) is 6.92 Å². The van der Waals surface area contributed by atoms with Crippen molar-refractivity contribution >= 4 is 38.9 Å². The van der Waals surface area contributed by atoms with Gasteiger partial charge < -0.3 is 10.1 Å². The van der Waals surface area contributed by atoms with E-state index in [4.69, 9.17) is 16.3 Å². The molecule has 1 heterocycles. The molecule has 1 saturated heterocycles. The second-order valence-corrected chi connectivity index (χ2v) is 8.59. The second-order valence-electron chi connectivity index (χ2n) is 6.17. The Labute approximate surface area is 164 Å². The molecular weight excluding hydrogens is 388 g/mol. The van der Waals surface area contributed by atoms with Gasteiger partial charge in [0.1, 0.15) is 5.75 Å². The first-order valence-corrected chi connectivity index (χ1v) is 10.7. The SMILES string of the molecule is CCOc1ccc(NC(=O)c2ccc(Cl)c(N3CCCCS3(=O)=O)c2)cc1. The van der Waals surface area contributed by atoms with E-state index in [2.05, 4.69) is 5.32 Å². The van der Waals surface area contributed by atoms with Gasteiger partial charge in [0.15, 0.2) is 0 Å². The summed E-state index contributed by atoms with van der Waals surface area (Å²) in [6, 6.07) is 11.7. The number of amides is 1.